The van der Waals surface area contributed by atoms with Crippen molar-refractivity contribution in [3.8, 4) is 0 Å². The first-order valence-corrected chi connectivity index (χ1v) is 6.99. The van der Waals surface area contributed by atoms with Crippen LogP contribution in [-0.4, -0.2) is 22.5 Å². The zero-order valence-corrected chi connectivity index (χ0v) is 11.1. The van der Waals surface area contributed by atoms with Crippen LogP contribution in [0.3, 0.4) is 0 Å². The molecule has 0 bridgehead atoms. The first-order valence-electron chi connectivity index (χ1n) is 5.84. The van der Waals surface area contributed by atoms with E-state index in [4.69, 9.17) is 0 Å². The van der Waals surface area contributed by atoms with Crippen molar-refractivity contribution in [1.29, 1.82) is 0 Å². The second kappa shape index (κ2) is 4.66. The van der Waals surface area contributed by atoms with E-state index in [9.17, 15) is 0 Å². The number of anilines is 1. The summed E-state index contributed by atoms with van der Waals surface area (Å²) in [6, 6.07) is 2.72. The van der Waals surface area contributed by atoms with Crippen LogP contribution in [0.15, 0.2) is 18.5 Å². The van der Waals surface area contributed by atoms with E-state index in [0.717, 1.165) is 5.69 Å². The molecule has 1 fully saturated rings. The highest BCUT2D eigenvalue weighted by molar-refractivity contribution is 7.99. The van der Waals surface area contributed by atoms with E-state index in [0.29, 0.717) is 11.5 Å². The average molecular weight is 236 g/mol. The van der Waals surface area contributed by atoms with Gasteiger partial charge in [0.05, 0.1) is 5.69 Å². The van der Waals surface area contributed by atoms with Gasteiger partial charge in [0.15, 0.2) is 0 Å². The van der Waals surface area contributed by atoms with Gasteiger partial charge in [0.1, 0.15) is 0 Å². The zero-order valence-electron chi connectivity index (χ0n) is 10.3. The molecule has 1 aliphatic heterocycles. The molecule has 0 aliphatic carbocycles. The van der Waals surface area contributed by atoms with Crippen LogP contribution in [0.5, 0.6) is 0 Å². The van der Waals surface area contributed by atoms with Crippen LogP contribution in [0.2, 0.25) is 0 Å². The van der Waals surface area contributed by atoms with Gasteiger partial charge < -0.3 is 5.32 Å². The third-order valence-corrected chi connectivity index (χ3v) is 4.40. The van der Waals surface area contributed by atoms with Gasteiger partial charge in [0.25, 0.3) is 0 Å². The Labute approximate surface area is 102 Å². The summed E-state index contributed by atoms with van der Waals surface area (Å²) in [5, 5.41) is 3.63. The number of rotatable bonds is 2. The molecule has 0 radical (unpaired) electrons. The van der Waals surface area contributed by atoms with E-state index in [-0.39, 0.29) is 0 Å². The number of pyridine rings is 1. The number of aryl methyl sites for hydroxylation is 1. The number of hydrogen-bond acceptors (Lipinski definition) is 3. The van der Waals surface area contributed by atoms with Gasteiger partial charge in [0, 0.05) is 24.2 Å². The summed E-state index contributed by atoms with van der Waals surface area (Å²) < 4.78 is 0. The summed E-state index contributed by atoms with van der Waals surface area (Å²) >= 11 is 2.05. The van der Waals surface area contributed by atoms with Crippen molar-refractivity contribution in [3.63, 3.8) is 0 Å². The van der Waals surface area contributed by atoms with E-state index in [2.05, 4.69) is 37.1 Å². The third kappa shape index (κ3) is 2.70. The SMILES string of the molecule is Cc1cncc(NC2CSCCC2(C)C)c1. The van der Waals surface area contributed by atoms with Crippen LogP contribution >= 0.6 is 11.8 Å². The summed E-state index contributed by atoms with van der Waals surface area (Å²) in [7, 11) is 0. The van der Waals surface area contributed by atoms with Crippen LogP contribution in [0.1, 0.15) is 25.8 Å². The van der Waals surface area contributed by atoms with Crippen LogP contribution in [0.4, 0.5) is 5.69 Å². The fourth-order valence-corrected chi connectivity index (χ4v) is 3.62. The van der Waals surface area contributed by atoms with Gasteiger partial charge in [0.2, 0.25) is 0 Å². The fraction of sp³-hybridized carbons (Fsp3) is 0.615. The molecule has 16 heavy (non-hydrogen) atoms. The zero-order chi connectivity index (χ0) is 11.6. The largest absolute Gasteiger partial charge is 0.380 e. The van der Waals surface area contributed by atoms with Crippen molar-refractivity contribution in [2.45, 2.75) is 33.2 Å². The van der Waals surface area contributed by atoms with E-state index in [1.807, 2.05) is 24.2 Å². The predicted octanol–water partition coefficient (Wildman–Crippen LogP) is 3.33. The lowest BCUT2D eigenvalue weighted by atomic mass is 9.82. The van der Waals surface area contributed by atoms with Gasteiger partial charge in [-0.1, -0.05) is 13.8 Å². The molecule has 3 heteroatoms. The van der Waals surface area contributed by atoms with Crippen LogP contribution in [0, 0.1) is 12.3 Å². The van der Waals surface area contributed by atoms with Crippen molar-refractivity contribution in [3.05, 3.63) is 24.0 Å². The molecule has 0 spiro atoms. The Morgan fingerprint density at radius 3 is 2.94 bits per heavy atom. The normalized spacial score (nSPS) is 24.1. The monoisotopic (exact) mass is 236 g/mol. The first kappa shape index (κ1) is 11.8. The molecule has 1 atom stereocenters. The summed E-state index contributed by atoms with van der Waals surface area (Å²) in [5.74, 6) is 2.48. The van der Waals surface area contributed by atoms with Crippen LogP contribution in [0.25, 0.3) is 0 Å². The Kier molecular flexibility index (Phi) is 3.43. The molecule has 2 rings (SSSR count). The molecular formula is C13H20N2S. The lowest BCUT2D eigenvalue weighted by Gasteiger charge is -2.39. The second-order valence-electron chi connectivity index (χ2n) is 5.26. The molecule has 2 nitrogen and oxygen atoms in total. The Bertz CT molecular complexity index is 363. The highest BCUT2D eigenvalue weighted by Crippen LogP contribution is 2.35. The van der Waals surface area contributed by atoms with Gasteiger partial charge in [-0.15, -0.1) is 0 Å². The number of aromatic nitrogens is 1. The number of hydrogen-bond donors (Lipinski definition) is 1. The third-order valence-electron chi connectivity index (χ3n) is 3.33. The minimum Gasteiger partial charge on any atom is -0.380 e. The van der Waals surface area contributed by atoms with Gasteiger partial charge in [-0.05, 0) is 36.1 Å². The molecule has 1 saturated heterocycles. The second-order valence-corrected chi connectivity index (χ2v) is 6.41. The minimum absolute atomic E-state index is 0.384. The van der Waals surface area contributed by atoms with E-state index in [1.54, 1.807) is 0 Å². The molecule has 1 unspecified atom stereocenters. The number of nitrogens with zero attached hydrogens (tertiary/aromatic N) is 1. The van der Waals surface area contributed by atoms with Crippen molar-refractivity contribution in [2.24, 2.45) is 5.41 Å². The fourth-order valence-electron chi connectivity index (χ4n) is 2.01. The van der Waals surface area contributed by atoms with Crippen molar-refractivity contribution in [1.82, 2.24) is 4.98 Å². The van der Waals surface area contributed by atoms with E-state index >= 15 is 0 Å². The molecule has 0 aromatic carbocycles. The first-order chi connectivity index (χ1) is 7.58. The van der Waals surface area contributed by atoms with Gasteiger partial charge in [-0.25, -0.2) is 0 Å². The predicted molar refractivity (Wildman–Crippen MR) is 72.1 cm³/mol. The highest BCUT2D eigenvalue weighted by atomic mass is 32.2. The molecule has 2 heterocycles. The van der Waals surface area contributed by atoms with Crippen molar-refractivity contribution >= 4 is 17.4 Å². The lowest BCUT2D eigenvalue weighted by Crippen LogP contribution is -2.41. The van der Waals surface area contributed by atoms with Crippen LogP contribution < -0.4 is 5.32 Å². The molecule has 0 amide bonds. The number of nitrogens with one attached hydrogen (secondary N) is 1. The number of thioether (sulfide) groups is 1. The molecule has 1 aromatic heterocycles. The standard InChI is InChI=1S/C13H20N2S/c1-10-6-11(8-14-7-10)15-12-9-16-5-4-13(12,2)3/h6-8,12,15H,4-5,9H2,1-3H3. The van der Waals surface area contributed by atoms with Crippen molar-refractivity contribution in [2.75, 3.05) is 16.8 Å². The van der Waals surface area contributed by atoms with E-state index in [1.165, 1.54) is 23.5 Å². The molecular weight excluding hydrogens is 216 g/mol. The summed E-state index contributed by atoms with van der Waals surface area (Å²) in [6.07, 6.45) is 5.10. The van der Waals surface area contributed by atoms with Gasteiger partial charge in [-0.3, -0.25) is 4.98 Å². The van der Waals surface area contributed by atoms with Gasteiger partial charge in [-0.2, -0.15) is 11.8 Å². The Balaban J connectivity index is 2.08. The Morgan fingerprint density at radius 2 is 2.25 bits per heavy atom. The Morgan fingerprint density at radius 1 is 1.44 bits per heavy atom. The molecule has 1 aromatic rings. The smallest absolute Gasteiger partial charge is 0.0532 e. The van der Waals surface area contributed by atoms with Gasteiger partial charge >= 0.3 is 0 Å². The minimum atomic E-state index is 0.384. The van der Waals surface area contributed by atoms with Crippen molar-refractivity contribution < 1.29 is 0 Å². The lowest BCUT2D eigenvalue weighted by molar-refractivity contribution is 0.305. The summed E-state index contributed by atoms with van der Waals surface area (Å²) in [5.41, 5.74) is 2.75. The highest BCUT2D eigenvalue weighted by Gasteiger charge is 2.32. The molecule has 1 N–H and O–H groups in total. The molecule has 0 saturated carbocycles. The average Bonchev–Trinajstić information content (AvgIpc) is 2.21. The summed E-state index contributed by atoms with van der Waals surface area (Å²) in [6.45, 7) is 6.79. The summed E-state index contributed by atoms with van der Waals surface area (Å²) in [4.78, 5) is 4.23. The van der Waals surface area contributed by atoms with Crippen LogP contribution in [-0.2, 0) is 0 Å². The topological polar surface area (TPSA) is 24.9 Å². The molecule has 1 aliphatic rings. The Hall–Kier alpha value is -0.700. The maximum Gasteiger partial charge on any atom is 0.0532 e. The van der Waals surface area contributed by atoms with E-state index < -0.39 is 0 Å². The molecule has 88 valence electrons. The maximum absolute atomic E-state index is 4.23. The maximum atomic E-state index is 4.23. The quantitative estimate of drug-likeness (QED) is 0.852.